The van der Waals surface area contributed by atoms with Gasteiger partial charge in [0.25, 0.3) is 0 Å². The Morgan fingerprint density at radius 2 is 1.38 bits per heavy atom. The van der Waals surface area contributed by atoms with E-state index in [2.05, 4.69) is 0 Å². The van der Waals surface area contributed by atoms with Crippen molar-refractivity contribution in [3.05, 3.63) is 34.9 Å². The summed E-state index contributed by atoms with van der Waals surface area (Å²) >= 11 is 5.27. The molecule has 0 aliphatic heterocycles. The number of aliphatic hydroxyl groups excluding tert-OH is 2. The first-order chi connectivity index (χ1) is 9.50. The number of halogens is 7. The molecule has 0 saturated carbocycles. The van der Waals surface area contributed by atoms with Crippen molar-refractivity contribution in [1.29, 1.82) is 0 Å². The van der Waals surface area contributed by atoms with Crippen molar-refractivity contribution in [3.63, 3.8) is 0 Å². The summed E-state index contributed by atoms with van der Waals surface area (Å²) in [6.07, 6.45) is -14.7. The topological polar surface area (TPSA) is 40.5 Å². The molecular formula is C12H11ClF6O2. The van der Waals surface area contributed by atoms with Crippen LogP contribution in [0.1, 0.15) is 29.2 Å². The van der Waals surface area contributed by atoms with Crippen LogP contribution < -0.4 is 0 Å². The van der Waals surface area contributed by atoms with Crippen LogP contribution >= 0.6 is 11.6 Å². The van der Waals surface area contributed by atoms with E-state index in [0.717, 1.165) is 0 Å². The molecule has 0 spiro atoms. The maximum absolute atomic E-state index is 12.8. The lowest BCUT2D eigenvalue weighted by Crippen LogP contribution is -2.26. The number of hydrogen-bond acceptors (Lipinski definition) is 2. The fraction of sp³-hybridized carbons (Fsp3) is 0.500. The maximum Gasteiger partial charge on any atom is 0.416 e. The summed E-state index contributed by atoms with van der Waals surface area (Å²) in [4.78, 5) is 0. The molecule has 0 heterocycles. The number of rotatable bonds is 4. The van der Waals surface area contributed by atoms with E-state index in [0.29, 0.717) is 18.2 Å². The summed E-state index contributed by atoms with van der Waals surface area (Å²) in [6.45, 7) is 0. The van der Waals surface area contributed by atoms with Gasteiger partial charge in [-0.1, -0.05) is 6.07 Å². The van der Waals surface area contributed by atoms with Crippen molar-refractivity contribution >= 4 is 11.6 Å². The zero-order valence-electron chi connectivity index (χ0n) is 10.3. The Hall–Kier alpha value is -0.990. The monoisotopic (exact) mass is 336 g/mol. The number of benzene rings is 1. The molecule has 0 bridgehead atoms. The molecular weight excluding hydrogens is 326 g/mol. The average Bonchev–Trinajstić information content (AvgIpc) is 2.35. The third-order valence-corrected chi connectivity index (χ3v) is 3.00. The fourth-order valence-electron chi connectivity index (χ4n) is 1.84. The highest BCUT2D eigenvalue weighted by Crippen LogP contribution is 2.42. The van der Waals surface area contributed by atoms with Crippen molar-refractivity contribution in [2.45, 2.75) is 31.0 Å². The van der Waals surface area contributed by atoms with Gasteiger partial charge < -0.3 is 10.2 Å². The van der Waals surface area contributed by atoms with Gasteiger partial charge >= 0.3 is 12.4 Å². The van der Waals surface area contributed by atoms with Gasteiger partial charge in [0.15, 0.2) is 0 Å². The SMILES string of the molecule is OC(CCCl)C(O)c1c(C(F)(F)F)cccc1C(F)(F)F. The van der Waals surface area contributed by atoms with Crippen LogP contribution in [0.3, 0.4) is 0 Å². The minimum Gasteiger partial charge on any atom is -0.390 e. The first-order valence-electron chi connectivity index (χ1n) is 5.69. The molecule has 21 heavy (non-hydrogen) atoms. The molecule has 0 aliphatic carbocycles. The van der Waals surface area contributed by atoms with E-state index < -0.39 is 41.3 Å². The fourth-order valence-corrected chi connectivity index (χ4v) is 2.06. The van der Waals surface area contributed by atoms with E-state index in [1.54, 1.807) is 0 Å². The van der Waals surface area contributed by atoms with E-state index in [4.69, 9.17) is 11.6 Å². The molecule has 1 rings (SSSR count). The van der Waals surface area contributed by atoms with Gasteiger partial charge in [0.2, 0.25) is 0 Å². The number of aliphatic hydroxyl groups is 2. The molecule has 0 fully saturated rings. The first-order valence-corrected chi connectivity index (χ1v) is 6.23. The van der Waals surface area contributed by atoms with E-state index >= 15 is 0 Å². The second kappa shape index (κ2) is 6.41. The average molecular weight is 337 g/mol. The summed E-state index contributed by atoms with van der Waals surface area (Å²) < 4.78 is 77.0. The summed E-state index contributed by atoms with van der Waals surface area (Å²) in [6, 6.07) is 1.43. The van der Waals surface area contributed by atoms with Crippen LogP contribution in [0.25, 0.3) is 0 Å². The molecule has 1 aromatic carbocycles. The van der Waals surface area contributed by atoms with Crippen molar-refractivity contribution in [1.82, 2.24) is 0 Å². The molecule has 0 aromatic heterocycles. The van der Waals surface area contributed by atoms with Crippen molar-refractivity contribution in [3.8, 4) is 0 Å². The van der Waals surface area contributed by atoms with Crippen LogP contribution in [0.4, 0.5) is 26.3 Å². The molecule has 9 heteroatoms. The van der Waals surface area contributed by atoms with Crippen LogP contribution in [-0.2, 0) is 12.4 Å². The third kappa shape index (κ3) is 4.24. The Kier molecular flexibility index (Phi) is 5.51. The molecule has 2 atom stereocenters. The molecule has 1 aromatic rings. The van der Waals surface area contributed by atoms with Crippen LogP contribution in [0.2, 0.25) is 0 Å². The minimum atomic E-state index is -5.10. The first kappa shape index (κ1) is 18.1. The lowest BCUT2D eigenvalue weighted by atomic mass is 9.92. The van der Waals surface area contributed by atoms with Gasteiger partial charge in [-0.3, -0.25) is 0 Å². The van der Waals surface area contributed by atoms with Crippen molar-refractivity contribution in [2.75, 3.05) is 5.88 Å². The highest BCUT2D eigenvalue weighted by molar-refractivity contribution is 6.17. The number of alkyl halides is 7. The van der Waals surface area contributed by atoms with Gasteiger partial charge in [-0.25, -0.2) is 0 Å². The summed E-state index contributed by atoms with van der Waals surface area (Å²) in [5.41, 5.74) is -4.67. The quantitative estimate of drug-likeness (QED) is 0.649. The van der Waals surface area contributed by atoms with Gasteiger partial charge in [-0.15, -0.1) is 11.6 Å². The van der Waals surface area contributed by atoms with E-state index in [1.165, 1.54) is 0 Å². The highest BCUT2D eigenvalue weighted by Gasteiger charge is 2.43. The molecule has 0 amide bonds. The maximum atomic E-state index is 12.8. The van der Waals surface area contributed by atoms with E-state index in [-0.39, 0.29) is 12.3 Å². The molecule has 2 nitrogen and oxygen atoms in total. The second-order valence-corrected chi connectivity index (χ2v) is 4.63. The molecule has 0 saturated heterocycles. The van der Waals surface area contributed by atoms with Crippen molar-refractivity contribution < 1.29 is 36.6 Å². The van der Waals surface area contributed by atoms with Gasteiger partial charge in [0.1, 0.15) is 6.10 Å². The minimum absolute atomic E-state index is 0.228. The normalized spacial score (nSPS) is 15.9. The molecule has 2 N–H and O–H groups in total. The molecule has 2 unspecified atom stereocenters. The Labute approximate surface area is 121 Å². The van der Waals surface area contributed by atoms with Crippen LogP contribution in [0, 0.1) is 0 Å². The van der Waals surface area contributed by atoms with Gasteiger partial charge in [-0.05, 0) is 18.6 Å². The Morgan fingerprint density at radius 1 is 0.952 bits per heavy atom. The lowest BCUT2D eigenvalue weighted by molar-refractivity contribution is -0.147. The zero-order chi connectivity index (χ0) is 16.4. The molecule has 0 aliphatic rings. The highest BCUT2D eigenvalue weighted by atomic mass is 35.5. The predicted molar refractivity (Wildman–Crippen MR) is 62.7 cm³/mol. The predicted octanol–water partition coefficient (Wildman–Crippen LogP) is 3.75. The van der Waals surface area contributed by atoms with Gasteiger partial charge in [0.05, 0.1) is 17.2 Å². The Balaban J connectivity index is 3.50. The summed E-state index contributed by atoms with van der Waals surface area (Å²) in [5.74, 6) is -0.228. The molecule has 120 valence electrons. The second-order valence-electron chi connectivity index (χ2n) is 4.25. The lowest BCUT2D eigenvalue weighted by Gasteiger charge is -2.25. The number of hydrogen-bond donors (Lipinski definition) is 2. The molecule has 0 radical (unpaired) electrons. The van der Waals surface area contributed by atoms with Gasteiger partial charge in [-0.2, -0.15) is 26.3 Å². The standard InChI is InChI=1S/C12H11ClF6O2/c13-5-4-8(20)10(21)9-6(11(14,15)16)2-1-3-7(9)12(17,18)19/h1-3,8,10,20-21H,4-5H2. The largest absolute Gasteiger partial charge is 0.416 e. The third-order valence-electron chi connectivity index (χ3n) is 2.78. The van der Waals surface area contributed by atoms with Gasteiger partial charge in [0, 0.05) is 11.4 Å². The van der Waals surface area contributed by atoms with Crippen LogP contribution in [0.15, 0.2) is 18.2 Å². The smallest absolute Gasteiger partial charge is 0.390 e. The Bertz CT molecular complexity index is 453. The van der Waals surface area contributed by atoms with E-state index in [9.17, 15) is 36.6 Å². The summed E-state index contributed by atoms with van der Waals surface area (Å²) in [7, 11) is 0. The van der Waals surface area contributed by atoms with Crippen molar-refractivity contribution in [2.24, 2.45) is 0 Å². The van der Waals surface area contributed by atoms with Crippen LogP contribution in [-0.4, -0.2) is 22.2 Å². The van der Waals surface area contributed by atoms with E-state index in [1.807, 2.05) is 0 Å². The zero-order valence-corrected chi connectivity index (χ0v) is 11.1. The van der Waals surface area contributed by atoms with Crippen LogP contribution in [0.5, 0.6) is 0 Å². The summed E-state index contributed by atoms with van der Waals surface area (Å²) in [5, 5.41) is 19.2. The Morgan fingerprint density at radius 3 is 1.71 bits per heavy atom.